The molecule has 0 heterocycles. The average molecular weight is 327 g/mol. The summed E-state index contributed by atoms with van der Waals surface area (Å²) in [6.45, 7) is 6.08. The number of amides is 1. The van der Waals surface area contributed by atoms with E-state index in [2.05, 4.69) is 17.4 Å². The predicted molar refractivity (Wildman–Crippen MR) is 96.6 cm³/mol. The number of rotatable bonds is 6. The number of aryl methyl sites for hydroxylation is 1. The summed E-state index contributed by atoms with van der Waals surface area (Å²) in [7, 11) is 0. The number of hydrogen-bond acceptors (Lipinski definition) is 3. The minimum absolute atomic E-state index is 0.483. The first-order valence-electron chi connectivity index (χ1n) is 8.20. The van der Waals surface area contributed by atoms with Crippen LogP contribution >= 0.6 is 0 Å². The van der Waals surface area contributed by atoms with E-state index in [4.69, 9.17) is 9.47 Å². The first-order chi connectivity index (χ1) is 11.4. The first kappa shape index (κ1) is 17.9. The largest absolute Gasteiger partial charge is 0.491 e. The molecular formula is C20H25NO3. The van der Waals surface area contributed by atoms with Gasteiger partial charge >= 0.3 is 6.09 Å². The second-order valence-corrected chi connectivity index (χ2v) is 6.56. The fourth-order valence-corrected chi connectivity index (χ4v) is 2.21. The van der Waals surface area contributed by atoms with E-state index in [1.807, 2.05) is 57.2 Å². The topological polar surface area (TPSA) is 47.6 Å². The van der Waals surface area contributed by atoms with Gasteiger partial charge in [0.1, 0.15) is 11.4 Å². The van der Waals surface area contributed by atoms with Crippen molar-refractivity contribution >= 4 is 11.8 Å². The molecule has 1 N–H and O–H groups in total. The van der Waals surface area contributed by atoms with Crippen molar-refractivity contribution in [3.8, 4) is 5.75 Å². The van der Waals surface area contributed by atoms with Crippen LogP contribution < -0.4 is 10.1 Å². The summed E-state index contributed by atoms with van der Waals surface area (Å²) in [4.78, 5) is 11.9. The maximum Gasteiger partial charge on any atom is 0.412 e. The minimum atomic E-state index is -0.532. The summed E-state index contributed by atoms with van der Waals surface area (Å²) in [6.07, 6.45) is 1.38. The summed E-state index contributed by atoms with van der Waals surface area (Å²) >= 11 is 0. The van der Waals surface area contributed by atoms with Crippen molar-refractivity contribution in [3.63, 3.8) is 0 Å². The zero-order valence-corrected chi connectivity index (χ0v) is 14.5. The van der Waals surface area contributed by atoms with Gasteiger partial charge in [-0.3, -0.25) is 5.32 Å². The highest BCUT2D eigenvalue weighted by Crippen LogP contribution is 2.24. The van der Waals surface area contributed by atoms with Crippen LogP contribution in [0.25, 0.3) is 0 Å². The number of ether oxygens (including phenoxy) is 2. The van der Waals surface area contributed by atoms with Gasteiger partial charge in [-0.25, -0.2) is 4.79 Å². The lowest BCUT2D eigenvalue weighted by molar-refractivity contribution is 0.0635. The third-order valence-corrected chi connectivity index (χ3v) is 3.23. The van der Waals surface area contributed by atoms with Gasteiger partial charge in [0, 0.05) is 0 Å². The van der Waals surface area contributed by atoms with Crippen molar-refractivity contribution in [2.75, 3.05) is 11.9 Å². The Balaban J connectivity index is 1.85. The summed E-state index contributed by atoms with van der Waals surface area (Å²) in [6, 6.07) is 17.7. The molecule has 4 heteroatoms. The third-order valence-electron chi connectivity index (χ3n) is 3.23. The number of carbonyl (C=O) groups excluding carboxylic acids is 1. The lowest BCUT2D eigenvalue weighted by Gasteiger charge is -2.20. The molecule has 0 aromatic heterocycles. The molecule has 24 heavy (non-hydrogen) atoms. The Labute approximate surface area is 143 Å². The van der Waals surface area contributed by atoms with Crippen LogP contribution in [0, 0.1) is 0 Å². The van der Waals surface area contributed by atoms with E-state index in [1.54, 1.807) is 6.07 Å². The molecule has 2 rings (SSSR count). The van der Waals surface area contributed by atoms with Gasteiger partial charge in [0.15, 0.2) is 0 Å². The molecule has 0 aliphatic rings. The van der Waals surface area contributed by atoms with Crippen molar-refractivity contribution in [3.05, 3.63) is 60.2 Å². The normalized spacial score (nSPS) is 11.0. The quantitative estimate of drug-likeness (QED) is 0.756. The lowest BCUT2D eigenvalue weighted by atomic mass is 10.1. The third kappa shape index (κ3) is 6.32. The first-order valence-corrected chi connectivity index (χ1v) is 8.20. The maximum absolute atomic E-state index is 11.9. The van der Waals surface area contributed by atoms with Gasteiger partial charge in [-0.1, -0.05) is 42.5 Å². The second kappa shape index (κ2) is 8.39. The molecule has 128 valence electrons. The highest BCUT2D eigenvalue weighted by Gasteiger charge is 2.17. The van der Waals surface area contributed by atoms with Crippen molar-refractivity contribution in [2.45, 2.75) is 39.2 Å². The number of anilines is 1. The van der Waals surface area contributed by atoms with Crippen LogP contribution in [-0.4, -0.2) is 18.3 Å². The van der Waals surface area contributed by atoms with Crippen LogP contribution in [0.5, 0.6) is 5.75 Å². The Morgan fingerprint density at radius 1 is 1.00 bits per heavy atom. The molecular weight excluding hydrogens is 302 g/mol. The molecule has 2 aromatic carbocycles. The number of nitrogens with one attached hydrogen (secondary N) is 1. The maximum atomic E-state index is 11.9. The molecule has 0 unspecified atom stereocenters. The Morgan fingerprint density at radius 3 is 2.38 bits per heavy atom. The fourth-order valence-electron chi connectivity index (χ4n) is 2.21. The van der Waals surface area contributed by atoms with E-state index in [0.29, 0.717) is 18.0 Å². The number of carbonyl (C=O) groups is 1. The predicted octanol–water partition coefficient (Wildman–Crippen LogP) is 5.05. The SMILES string of the molecule is CC(C)(C)OC(=O)Nc1ccccc1OCCCc1ccccc1. The Kier molecular flexibility index (Phi) is 6.24. The van der Waals surface area contributed by atoms with Gasteiger partial charge < -0.3 is 9.47 Å². The fraction of sp³-hybridized carbons (Fsp3) is 0.350. The molecule has 0 bridgehead atoms. The van der Waals surface area contributed by atoms with Crippen LogP contribution in [0.3, 0.4) is 0 Å². The van der Waals surface area contributed by atoms with Crippen LogP contribution in [0.4, 0.5) is 10.5 Å². The smallest absolute Gasteiger partial charge is 0.412 e. The van der Waals surface area contributed by atoms with Gasteiger partial charge in [-0.2, -0.15) is 0 Å². The molecule has 0 aliphatic carbocycles. The van der Waals surface area contributed by atoms with Crippen LogP contribution in [-0.2, 0) is 11.2 Å². The van der Waals surface area contributed by atoms with E-state index in [1.165, 1.54) is 5.56 Å². The Bertz CT molecular complexity index is 647. The van der Waals surface area contributed by atoms with Gasteiger partial charge in [0.05, 0.1) is 12.3 Å². The molecule has 4 nitrogen and oxygen atoms in total. The van der Waals surface area contributed by atoms with Crippen molar-refractivity contribution in [2.24, 2.45) is 0 Å². The summed E-state index contributed by atoms with van der Waals surface area (Å²) in [5.41, 5.74) is 1.38. The van der Waals surface area contributed by atoms with E-state index in [-0.39, 0.29) is 0 Å². The Hall–Kier alpha value is -2.49. The van der Waals surface area contributed by atoms with E-state index in [0.717, 1.165) is 12.8 Å². The van der Waals surface area contributed by atoms with Crippen molar-refractivity contribution in [1.29, 1.82) is 0 Å². The Morgan fingerprint density at radius 2 is 1.67 bits per heavy atom. The highest BCUT2D eigenvalue weighted by atomic mass is 16.6. The summed E-state index contributed by atoms with van der Waals surface area (Å²) in [5.74, 6) is 0.649. The molecule has 0 fully saturated rings. The number of hydrogen-bond donors (Lipinski definition) is 1. The van der Waals surface area contributed by atoms with Crippen LogP contribution in [0.15, 0.2) is 54.6 Å². The monoisotopic (exact) mass is 327 g/mol. The number of para-hydroxylation sites is 2. The molecule has 0 spiro atoms. The van der Waals surface area contributed by atoms with Crippen LogP contribution in [0.1, 0.15) is 32.8 Å². The highest BCUT2D eigenvalue weighted by molar-refractivity contribution is 5.86. The van der Waals surface area contributed by atoms with E-state index < -0.39 is 11.7 Å². The number of benzene rings is 2. The minimum Gasteiger partial charge on any atom is -0.491 e. The summed E-state index contributed by atoms with van der Waals surface area (Å²) < 4.78 is 11.1. The molecule has 0 saturated carbocycles. The zero-order valence-electron chi connectivity index (χ0n) is 14.5. The van der Waals surface area contributed by atoms with E-state index in [9.17, 15) is 4.79 Å². The van der Waals surface area contributed by atoms with Crippen molar-refractivity contribution in [1.82, 2.24) is 0 Å². The van der Waals surface area contributed by atoms with Crippen LogP contribution in [0.2, 0.25) is 0 Å². The second-order valence-electron chi connectivity index (χ2n) is 6.56. The lowest BCUT2D eigenvalue weighted by Crippen LogP contribution is -2.27. The molecule has 0 aliphatic heterocycles. The molecule has 0 atom stereocenters. The van der Waals surface area contributed by atoms with Gasteiger partial charge in [0.25, 0.3) is 0 Å². The zero-order chi connectivity index (χ0) is 17.4. The molecule has 1 amide bonds. The molecule has 2 aromatic rings. The standard InChI is InChI=1S/C20H25NO3/c1-20(2,3)24-19(22)21-17-13-7-8-14-18(17)23-15-9-12-16-10-5-4-6-11-16/h4-8,10-11,13-14H,9,12,15H2,1-3H3,(H,21,22). The van der Waals surface area contributed by atoms with Gasteiger partial charge in [-0.15, -0.1) is 0 Å². The molecule has 0 saturated heterocycles. The van der Waals surface area contributed by atoms with Crippen molar-refractivity contribution < 1.29 is 14.3 Å². The van der Waals surface area contributed by atoms with Gasteiger partial charge in [-0.05, 0) is 51.3 Å². The van der Waals surface area contributed by atoms with Gasteiger partial charge in [0.2, 0.25) is 0 Å². The average Bonchev–Trinajstić information content (AvgIpc) is 2.52. The summed E-state index contributed by atoms with van der Waals surface area (Å²) in [5, 5.41) is 2.74. The molecule has 0 radical (unpaired) electrons. The van der Waals surface area contributed by atoms with E-state index >= 15 is 0 Å².